The van der Waals surface area contributed by atoms with E-state index in [-0.39, 0.29) is 28.6 Å². The van der Waals surface area contributed by atoms with Crippen molar-refractivity contribution < 1.29 is 14.0 Å². The molecule has 0 N–H and O–H groups in total. The lowest BCUT2D eigenvalue weighted by Crippen LogP contribution is -2.49. The van der Waals surface area contributed by atoms with Crippen LogP contribution in [0.15, 0.2) is 47.1 Å². The first-order valence-corrected chi connectivity index (χ1v) is 13.7. The first-order chi connectivity index (χ1) is 13.5. The highest BCUT2D eigenvalue weighted by molar-refractivity contribution is 6.74. The van der Waals surface area contributed by atoms with Gasteiger partial charge >= 0.3 is 0 Å². The summed E-state index contributed by atoms with van der Waals surface area (Å²) in [5.74, 6) is 0.504. The third kappa shape index (κ3) is 3.30. The van der Waals surface area contributed by atoms with Crippen molar-refractivity contribution in [2.24, 2.45) is 11.8 Å². The normalized spacial score (nSPS) is 27.2. The van der Waals surface area contributed by atoms with Crippen molar-refractivity contribution in [1.82, 2.24) is 0 Å². The van der Waals surface area contributed by atoms with Crippen LogP contribution in [0.4, 0.5) is 0 Å². The van der Waals surface area contributed by atoms with E-state index in [1.54, 1.807) is 12.1 Å². The Morgan fingerprint density at radius 2 is 1.66 bits per heavy atom. The quantitative estimate of drug-likeness (QED) is 0.437. The van der Waals surface area contributed by atoms with Crippen LogP contribution in [0, 0.1) is 11.8 Å². The van der Waals surface area contributed by atoms with Gasteiger partial charge in [-0.3, -0.25) is 9.59 Å². The smallest absolute Gasteiger partial charge is 0.192 e. The second-order valence-electron chi connectivity index (χ2n) is 10.5. The highest BCUT2D eigenvalue weighted by Crippen LogP contribution is 2.49. The van der Waals surface area contributed by atoms with Gasteiger partial charge in [0.2, 0.25) is 0 Å². The summed E-state index contributed by atoms with van der Waals surface area (Å²) >= 11 is 0. The number of hydrogen-bond donors (Lipinski definition) is 0. The molecule has 0 aromatic heterocycles. The van der Waals surface area contributed by atoms with E-state index in [1.807, 2.05) is 12.1 Å². The fourth-order valence-corrected chi connectivity index (χ4v) is 6.19. The number of carbonyl (C=O) groups excluding carboxylic acids is 2. The summed E-state index contributed by atoms with van der Waals surface area (Å²) in [5.41, 5.74) is 3.83. The van der Waals surface area contributed by atoms with Gasteiger partial charge in [0.1, 0.15) is 0 Å². The molecule has 0 amide bonds. The molecule has 0 bridgehead atoms. The maximum absolute atomic E-state index is 13.6. The average molecular weight is 409 g/mol. The van der Waals surface area contributed by atoms with Crippen LogP contribution in [0.3, 0.4) is 0 Å². The summed E-state index contributed by atoms with van der Waals surface area (Å²) in [6.45, 7) is 13.6. The predicted molar refractivity (Wildman–Crippen MR) is 119 cm³/mol. The van der Waals surface area contributed by atoms with Crippen LogP contribution in [0.2, 0.25) is 18.1 Å². The number of benzene rings is 1. The largest absolute Gasteiger partial charge is 0.413 e. The van der Waals surface area contributed by atoms with E-state index in [4.69, 9.17) is 4.43 Å². The van der Waals surface area contributed by atoms with Crippen LogP contribution in [0.5, 0.6) is 0 Å². The third-order valence-electron chi connectivity index (χ3n) is 7.38. The summed E-state index contributed by atoms with van der Waals surface area (Å²) in [4.78, 5) is 26.8. The minimum absolute atomic E-state index is 0.0233. The fourth-order valence-electron chi connectivity index (χ4n) is 4.85. The molecule has 0 unspecified atom stereocenters. The van der Waals surface area contributed by atoms with E-state index >= 15 is 0 Å². The Hall–Kier alpha value is -1.78. The van der Waals surface area contributed by atoms with Crippen molar-refractivity contribution in [1.29, 1.82) is 0 Å². The molecular weight excluding hydrogens is 376 g/mol. The molecule has 3 aliphatic carbocycles. The van der Waals surface area contributed by atoms with Gasteiger partial charge < -0.3 is 4.43 Å². The number of hydrogen-bond acceptors (Lipinski definition) is 3. The Balaban J connectivity index is 1.79. The molecule has 0 aliphatic heterocycles. The summed E-state index contributed by atoms with van der Waals surface area (Å²) in [7, 11) is -2.01. The molecule has 1 fully saturated rings. The van der Waals surface area contributed by atoms with Crippen molar-refractivity contribution in [3.63, 3.8) is 0 Å². The second-order valence-corrected chi connectivity index (χ2v) is 15.3. The maximum atomic E-state index is 13.6. The zero-order valence-electron chi connectivity index (χ0n) is 18.5. The minimum Gasteiger partial charge on any atom is -0.413 e. The molecule has 0 saturated heterocycles. The van der Waals surface area contributed by atoms with Gasteiger partial charge in [-0.1, -0.05) is 63.6 Å². The molecule has 3 aliphatic rings. The molecule has 1 aromatic carbocycles. The van der Waals surface area contributed by atoms with Gasteiger partial charge in [0.05, 0.1) is 6.10 Å². The first-order valence-electron chi connectivity index (χ1n) is 10.8. The number of ketones is 2. The van der Waals surface area contributed by atoms with E-state index in [9.17, 15) is 9.59 Å². The van der Waals surface area contributed by atoms with Gasteiger partial charge in [0, 0.05) is 28.2 Å². The van der Waals surface area contributed by atoms with Gasteiger partial charge in [-0.25, -0.2) is 0 Å². The predicted octanol–water partition coefficient (Wildman–Crippen LogP) is 6.13. The molecule has 0 radical (unpaired) electrons. The molecule has 0 heterocycles. The minimum atomic E-state index is -2.01. The van der Waals surface area contributed by atoms with E-state index in [0.29, 0.717) is 29.0 Å². The highest BCUT2D eigenvalue weighted by atomic mass is 28.4. The number of rotatable bonds is 2. The van der Waals surface area contributed by atoms with Gasteiger partial charge in [0.15, 0.2) is 19.9 Å². The molecule has 4 rings (SSSR count). The van der Waals surface area contributed by atoms with Crippen LogP contribution < -0.4 is 0 Å². The van der Waals surface area contributed by atoms with Crippen molar-refractivity contribution >= 4 is 19.9 Å². The van der Waals surface area contributed by atoms with Gasteiger partial charge in [-0.2, -0.15) is 0 Å². The Bertz CT molecular complexity index is 945. The fraction of sp³-hybridized carbons (Fsp3) is 0.520. The molecule has 3 atom stereocenters. The summed E-state index contributed by atoms with van der Waals surface area (Å²) in [6.07, 6.45) is 4.68. The van der Waals surface area contributed by atoms with Crippen LogP contribution in [-0.2, 0) is 4.43 Å². The summed E-state index contributed by atoms with van der Waals surface area (Å²) < 4.78 is 6.90. The molecule has 3 nitrogen and oxygen atoms in total. The van der Waals surface area contributed by atoms with Crippen molar-refractivity contribution in [2.45, 2.75) is 71.2 Å². The lowest BCUT2D eigenvalue weighted by molar-refractivity contribution is 0.0837. The molecule has 0 spiro atoms. The molecule has 4 heteroatoms. The van der Waals surface area contributed by atoms with E-state index < -0.39 is 8.32 Å². The highest BCUT2D eigenvalue weighted by Gasteiger charge is 2.48. The lowest BCUT2D eigenvalue weighted by Gasteiger charge is -2.47. The molecule has 29 heavy (non-hydrogen) atoms. The van der Waals surface area contributed by atoms with Crippen molar-refractivity contribution in [3.8, 4) is 0 Å². The Morgan fingerprint density at radius 3 is 2.28 bits per heavy atom. The van der Waals surface area contributed by atoms with E-state index in [0.717, 1.165) is 18.4 Å². The summed E-state index contributed by atoms with van der Waals surface area (Å²) in [6, 6.07) is 7.27. The first kappa shape index (κ1) is 20.5. The number of fused-ring (bicyclic) bond motifs is 3. The second kappa shape index (κ2) is 6.88. The number of Topliss-reactive ketones (excluding diaryl/α,β-unsaturated/α-hetero) is 2. The van der Waals surface area contributed by atoms with Crippen LogP contribution in [-0.4, -0.2) is 26.0 Å². The maximum Gasteiger partial charge on any atom is 0.192 e. The summed E-state index contributed by atoms with van der Waals surface area (Å²) in [5, 5.41) is 0.0996. The molecular formula is C25H32O3Si. The van der Waals surface area contributed by atoms with E-state index in [2.05, 4.69) is 46.9 Å². The molecule has 154 valence electrons. The van der Waals surface area contributed by atoms with Gasteiger partial charge in [-0.15, -0.1) is 0 Å². The number of allylic oxidation sites excluding steroid dienone is 2. The zero-order chi connectivity index (χ0) is 21.1. The third-order valence-corrected chi connectivity index (χ3v) is 11.9. The standard InChI is InChI=1S/C25H32O3Si/c1-15-13-16-11-12-19-22(24(27)18-10-8-7-9-17(18)23(19)26)21(16)20(14-15)28-29(5,6)25(2,3)4/h7-11,15,20-21H,12-14H2,1-6H3/t15-,20+,21+/m0/s1. The Kier molecular flexibility index (Phi) is 4.86. The van der Waals surface area contributed by atoms with Crippen molar-refractivity contribution in [3.05, 3.63) is 58.2 Å². The monoisotopic (exact) mass is 408 g/mol. The van der Waals surface area contributed by atoms with Gasteiger partial charge in [-0.05, 0) is 43.3 Å². The van der Waals surface area contributed by atoms with Crippen LogP contribution in [0.25, 0.3) is 0 Å². The molecule has 1 saturated carbocycles. The average Bonchev–Trinajstić information content (AvgIpc) is 2.64. The zero-order valence-corrected chi connectivity index (χ0v) is 19.5. The van der Waals surface area contributed by atoms with Crippen LogP contribution in [0.1, 0.15) is 67.7 Å². The Morgan fingerprint density at radius 1 is 1.03 bits per heavy atom. The van der Waals surface area contributed by atoms with Gasteiger partial charge in [0.25, 0.3) is 0 Å². The topological polar surface area (TPSA) is 43.4 Å². The SMILES string of the molecule is C[C@H]1CC2=CCC3=C(C(=O)c4ccccc4C3=O)[C@H]2[C@H](O[Si](C)(C)C(C)(C)C)C1. The Labute approximate surface area is 175 Å². The lowest BCUT2D eigenvalue weighted by atomic mass is 9.65. The number of carbonyl (C=O) groups is 2. The molecule has 1 aromatic rings. The van der Waals surface area contributed by atoms with Crippen LogP contribution >= 0.6 is 0 Å². The van der Waals surface area contributed by atoms with E-state index in [1.165, 1.54) is 5.57 Å². The van der Waals surface area contributed by atoms with Crippen molar-refractivity contribution in [2.75, 3.05) is 0 Å².